The van der Waals surface area contributed by atoms with E-state index < -0.39 is 22.6 Å². The number of nitrogens with one attached hydrogen (secondary N) is 1. The van der Waals surface area contributed by atoms with Crippen molar-refractivity contribution in [2.24, 2.45) is 0 Å². The third kappa shape index (κ3) is 3.77. The molecule has 2 unspecified atom stereocenters. The fourth-order valence-electron chi connectivity index (χ4n) is 4.62. The summed E-state index contributed by atoms with van der Waals surface area (Å²) in [5.41, 5.74) is 2.92. The molecule has 2 fully saturated rings. The molecule has 2 aromatic carbocycles. The number of anilines is 2. The van der Waals surface area contributed by atoms with Crippen LogP contribution in [0.5, 0.6) is 5.75 Å². The van der Waals surface area contributed by atoms with Crippen molar-refractivity contribution >= 4 is 21.4 Å². The smallest absolute Gasteiger partial charge is 0.387 e. The molecule has 1 aliphatic heterocycles. The maximum Gasteiger partial charge on any atom is 0.387 e. The maximum absolute atomic E-state index is 12.8. The number of rotatable bonds is 7. The fraction of sp³-hybridized carbons (Fsp3) is 0.435. The van der Waals surface area contributed by atoms with Crippen LogP contribution in [0, 0.1) is 11.3 Å². The Kier molecular flexibility index (Phi) is 5.20. The largest absolute Gasteiger partial charge is 0.435 e. The molecule has 0 spiro atoms. The van der Waals surface area contributed by atoms with Crippen LogP contribution >= 0.6 is 0 Å². The van der Waals surface area contributed by atoms with Crippen molar-refractivity contribution in [3.8, 4) is 11.8 Å². The van der Waals surface area contributed by atoms with Gasteiger partial charge in [0.25, 0.3) is 0 Å². The SMILES string of the molecule is N#CC1c2ccc(OC(F)F)cc2N(C2CCC2)C1c1ccc(NS(=O)(=O)C2CC2)cc1. The highest BCUT2D eigenvalue weighted by Gasteiger charge is 2.44. The van der Waals surface area contributed by atoms with Gasteiger partial charge in [0.05, 0.1) is 23.3 Å². The van der Waals surface area contributed by atoms with Gasteiger partial charge in [-0.05, 0) is 61.4 Å². The van der Waals surface area contributed by atoms with E-state index in [2.05, 4.69) is 20.4 Å². The molecular weight excluding hydrogens is 436 g/mol. The van der Waals surface area contributed by atoms with Gasteiger partial charge in [-0.1, -0.05) is 18.2 Å². The van der Waals surface area contributed by atoms with Gasteiger partial charge in [-0.25, -0.2) is 8.42 Å². The predicted octanol–water partition coefficient (Wildman–Crippen LogP) is 4.91. The van der Waals surface area contributed by atoms with Crippen LogP contribution in [0.4, 0.5) is 20.2 Å². The zero-order valence-corrected chi connectivity index (χ0v) is 18.1. The average molecular weight is 460 g/mol. The fourth-order valence-corrected chi connectivity index (χ4v) is 6.01. The van der Waals surface area contributed by atoms with E-state index in [9.17, 15) is 22.5 Å². The predicted molar refractivity (Wildman–Crippen MR) is 116 cm³/mol. The first kappa shape index (κ1) is 21.0. The topological polar surface area (TPSA) is 82.4 Å². The molecule has 3 aliphatic rings. The summed E-state index contributed by atoms with van der Waals surface area (Å²) in [6, 6.07) is 14.2. The summed E-state index contributed by atoms with van der Waals surface area (Å²) in [5, 5.41) is 9.69. The van der Waals surface area contributed by atoms with Crippen molar-refractivity contribution in [3.05, 3.63) is 53.6 Å². The Morgan fingerprint density at radius 2 is 1.81 bits per heavy atom. The highest BCUT2D eigenvalue weighted by atomic mass is 32.2. The Balaban J connectivity index is 1.48. The van der Waals surface area contributed by atoms with Crippen LogP contribution in [-0.2, 0) is 10.0 Å². The Bertz CT molecular complexity index is 1160. The summed E-state index contributed by atoms with van der Waals surface area (Å²) in [5.74, 6) is -0.398. The molecule has 0 amide bonds. The van der Waals surface area contributed by atoms with E-state index in [4.69, 9.17) is 0 Å². The summed E-state index contributed by atoms with van der Waals surface area (Å²) in [6.07, 6.45) is 4.38. The van der Waals surface area contributed by atoms with Crippen molar-refractivity contribution in [1.82, 2.24) is 0 Å². The molecule has 2 atom stereocenters. The lowest BCUT2D eigenvalue weighted by molar-refractivity contribution is -0.0498. The number of halogens is 2. The third-order valence-corrected chi connectivity index (χ3v) is 8.41. The average Bonchev–Trinajstić information content (AvgIpc) is 3.52. The van der Waals surface area contributed by atoms with Gasteiger partial charge in [0.1, 0.15) is 5.75 Å². The summed E-state index contributed by atoms with van der Waals surface area (Å²) in [4.78, 5) is 2.16. The van der Waals surface area contributed by atoms with Crippen LogP contribution in [0.3, 0.4) is 0 Å². The number of benzene rings is 2. The first-order valence-corrected chi connectivity index (χ1v) is 12.3. The molecule has 2 aliphatic carbocycles. The van der Waals surface area contributed by atoms with Gasteiger partial charge in [0, 0.05) is 23.5 Å². The van der Waals surface area contributed by atoms with Crippen LogP contribution in [0.15, 0.2) is 42.5 Å². The standard InChI is InChI=1S/C23H23F2N3O3S/c24-23(25)31-17-8-11-19-20(13-26)22(28(21(19)12-17)16-2-1-3-16)14-4-6-15(7-5-14)27-32(29,30)18-9-10-18/h4-8,11-12,16,18,20,22-23,27H,1-3,9-10H2. The molecule has 0 bridgehead atoms. The van der Waals surface area contributed by atoms with Gasteiger partial charge in [-0.2, -0.15) is 14.0 Å². The summed E-state index contributed by atoms with van der Waals surface area (Å²) in [6.45, 7) is -2.92. The number of hydrogen-bond acceptors (Lipinski definition) is 5. The minimum atomic E-state index is -3.35. The molecule has 32 heavy (non-hydrogen) atoms. The lowest BCUT2D eigenvalue weighted by Gasteiger charge is -2.41. The molecule has 9 heteroatoms. The molecule has 2 saturated carbocycles. The number of ether oxygens (including phenoxy) is 1. The number of hydrogen-bond donors (Lipinski definition) is 1. The van der Waals surface area contributed by atoms with Crippen LogP contribution < -0.4 is 14.4 Å². The van der Waals surface area contributed by atoms with Gasteiger partial charge >= 0.3 is 6.61 Å². The first-order chi connectivity index (χ1) is 15.4. The molecule has 2 aromatic rings. The van der Waals surface area contributed by atoms with E-state index >= 15 is 0 Å². The van der Waals surface area contributed by atoms with Crippen molar-refractivity contribution in [1.29, 1.82) is 5.26 Å². The number of nitriles is 1. The molecule has 168 valence electrons. The van der Waals surface area contributed by atoms with Gasteiger partial charge in [0.15, 0.2) is 0 Å². The molecule has 0 radical (unpaired) electrons. The maximum atomic E-state index is 12.8. The second-order valence-electron chi connectivity index (χ2n) is 8.61. The van der Waals surface area contributed by atoms with E-state index in [-0.39, 0.29) is 23.1 Å². The van der Waals surface area contributed by atoms with Crippen molar-refractivity contribution < 1.29 is 21.9 Å². The van der Waals surface area contributed by atoms with E-state index in [1.807, 2.05) is 12.1 Å². The molecular formula is C23H23F2N3O3S. The minimum absolute atomic E-state index is 0.0743. The highest BCUT2D eigenvalue weighted by Crippen LogP contribution is 2.53. The molecule has 0 aromatic heterocycles. The zero-order valence-electron chi connectivity index (χ0n) is 17.2. The monoisotopic (exact) mass is 459 g/mol. The Hall–Kier alpha value is -2.86. The quantitative estimate of drug-likeness (QED) is 0.636. The van der Waals surface area contributed by atoms with E-state index in [1.165, 1.54) is 6.07 Å². The Labute approximate surface area is 185 Å². The molecule has 5 rings (SSSR count). The van der Waals surface area contributed by atoms with Crippen LogP contribution in [0.1, 0.15) is 55.2 Å². The number of sulfonamides is 1. The van der Waals surface area contributed by atoms with Crippen molar-refractivity contribution in [3.63, 3.8) is 0 Å². The normalized spacial score (nSPS) is 22.9. The molecule has 6 nitrogen and oxygen atoms in total. The number of alkyl halides is 2. The van der Waals surface area contributed by atoms with Gasteiger partial charge in [0.2, 0.25) is 10.0 Å². The lowest BCUT2D eigenvalue weighted by atomic mass is 9.87. The second kappa shape index (κ2) is 7.93. The second-order valence-corrected chi connectivity index (χ2v) is 10.6. The van der Waals surface area contributed by atoms with Crippen LogP contribution in [-0.4, -0.2) is 26.3 Å². The van der Waals surface area contributed by atoms with E-state index in [1.54, 1.807) is 24.3 Å². The number of fused-ring (bicyclic) bond motifs is 1. The molecule has 1 heterocycles. The van der Waals surface area contributed by atoms with E-state index in [0.717, 1.165) is 36.1 Å². The van der Waals surface area contributed by atoms with Gasteiger partial charge in [-0.3, -0.25) is 4.72 Å². The Morgan fingerprint density at radius 1 is 1.09 bits per heavy atom. The van der Waals surface area contributed by atoms with Crippen LogP contribution in [0.25, 0.3) is 0 Å². The zero-order chi connectivity index (χ0) is 22.5. The highest BCUT2D eigenvalue weighted by molar-refractivity contribution is 7.93. The van der Waals surface area contributed by atoms with Gasteiger partial charge in [-0.15, -0.1) is 0 Å². The third-order valence-electron chi connectivity index (χ3n) is 6.54. The van der Waals surface area contributed by atoms with Crippen molar-refractivity contribution in [2.75, 3.05) is 9.62 Å². The van der Waals surface area contributed by atoms with E-state index in [0.29, 0.717) is 18.5 Å². The minimum Gasteiger partial charge on any atom is -0.435 e. The number of nitrogens with zero attached hydrogens (tertiary/aromatic N) is 2. The van der Waals surface area contributed by atoms with Crippen LogP contribution in [0.2, 0.25) is 0 Å². The first-order valence-electron chi connectivity index (χ1n) is 10.8. The Morgan fingerprint density at radius 3 is 2.38 bits per heavy atom. The van der Waals surface area contributed by atoms with Crippen molar-refractivity contribution in [2.45, 2.75) is 62.0 Å². The summed E-state index contributed by atoms with van der Waals surface area (Å²) in [7, 11) is -3.35. The summed E-state index contributed by atoms with van der Waals surface area (Å²) < 4.78 is 57.2. The molecule has 0 saturated heterocycles. The molecule has 1 N–H and O–H groups in total. The summed E-state index contributed by atoms with van der Waals surface area (Å²) >= 11 is 0. The lowest BCUT2D eigenvalue weighted by Crippen LogP contribution is -2.41. The van der Waals surface area contributed by atoms with Gasteiger partial charge < -0.3 is 9.64 Å².